The van der Waals surface area contributed by atoms with Crippen LogP contribution in [0, 0.1) is 0 Å². The zero-order valence-corrected chi connectivity index (χ0v) is 15.8. The lowest BCUT2D eigenvalue weighted by molar-refractivity contribution is 0.118. The first-order valence-electron chi connectivity index (χ1n) is 8.95. The van der Waals surface area contributed by atoms with Crippen LogP contribution in [0.4, 0.5) is 0 Å². The van der Waals surface area contributed by atoms with Gasteiger partial charge in [-0.05, 0) is 65.0 Å². The normalized spacial score (nSPS) is 21.6. The summed E-state index contributed by atoms with van der Waals surface area (Å²) in [5.41, 5.74) is 0. The van der Waals surface area contributed by atoms with Gasteiger partial charge in [0.1, 0.15) is 0 Å². The second-order valence-electron chi connectivity index (χ2n) is 6.28. The van der Waals surface area contributed by atoms with Gasteiger partial charge in [0.2, 0.25) is 0 Å². The van der Waals surface area contributed by atoms with Gasteiger partial charge in [-0.3, -0.25) is 9.89 Å². The van der Waals surface area contributed by atoms with Gasteiger partial charge in [0.05, 0.1) is 6.54 Å². The highest BCUT2D eigenvalue weighted by atomic mass is 32.2. The predicted molar refractivity (Wildman–Crippen MR) is 101 cm³/mol. The molecule has 22 heavy (non-hydrogen) atoms. The summed E-state index contributed by atoms with van der Waals surface area (Å²) in [6.07, 6.45) is 8.71. The fourth-order valence-electron chi connectivity index (χ4n) is 3.02. The van der Waals surface area contributed by atoms with E-state index in [0.717, 1.165) is 25.6 Å². The second kappa shape index (κ2) is 12.1. The number of thioether (sulfide) groups is 1. The van der Waals surface area contributed by atoms with Crippen molar-refractivity contribution in [3.05, 3.63) is 0 Å². The molecule has 0 saturated carbocycles. The van der Waals surface area contributed by atoms with Crippen molar-refractivity contribution in [1.82, 2.24) is 15.5 Å². The van der Waals surface area contributed by atoms with Gasteiger partial charge in [0.15, 0.2) is 5.96 Å². The molecule has 2 unspecified atom stereocenters. The summed E-state index contributed by atoms with van der Waals surface area (Å²) in [7, 11) is 0. The molecule has 0 aliphatic carbocycles. The van der Waals surface area contributed by atoms with Crippen LogP contribution < -0.4 is 10.6 Å². The van der Waals surface area contributed by atoms with Crippen molar-refractivity contribution in [3.8, 4) is 0 Å². The van der Waals surface area contributed by atoms with Crippen LogP contribution in [0.2, 0.25) is 0 Å². The summed E-state index contributed by atoms with van der Waals surface area (Å²) in [5.74, 6) is 2.22. The minimum Gasteiger partial charge on any atom is -0.357 e. The molecule has 0 aromatic heterocycles. The number of piperidine rings is 1. The number of aliphatic imine (C=N–C) groups is 1. The summed E-state index contributed by atoms with van der Waals surface area (Å²) in [5, 5.41) is 6.82. The van der Waals surface area contributed by atoms with E-state index >= 15 is 0 Å². The van der Waals surface area contributed by atoms with E-state index in [9.17, 15) is 0 Å². The first-order valence-corrected chi connectivity index (χ1v) is 10.3. The Kier molecular flexibility index (Phi) is 10.8. The molecule has 2 N–H and O–H groups in total. The SMILES string of the molecule is CCNC(=NCC(C)N1CCCCC1C)NCCCCSC. The third-order valence-corrected chi connectivity index (χ3v) is 5.04. The summed E-state index contributed by atoms with van der Waals surface area (Å²) >= 11 is 1.92. The number of nitrogens with zero attached hydrogens (tertiary/aromatic N) is 2. The van der Waals surface area contributed by atoms with Crippen molar-refractivity contribution in [2.45, 2.75) is 65.0 Å². The van der Waals surface area contributed by atoms with E-state index in [0.29, 0.717) is 12.1 Å². The van der Waals surface area contributed by atoms with Gasteiger partial charge in [0, 0.05) is 25.2 Å². The molecule has 4 nitrogen and oxygen atoms in total. The molecule has 5 heteroatoms. The van der Waals surface area contributed by atoms with Gasteiger partial charge in [-0.1, -0.05) is 6.42 Å². The van der Waals surface area contributed by atoms with Crippen molar-refractivity contribution < 1.29 is 0 Å². The molecule has 1 fully saturated rings. The van der Waals surface area contributed by atoms with Crippen molar-refractivity contribution in [3.63, 3.8) is 0 Å². The number of hydrogen-bond donors (Lipinski definition) is 2. The van der Waals surface area contributed by atoms with Gasteiger partial charge in [-0.2, -0.15) is 11.8 Å². The number of likely N-dealkylation sites (tertiary alicyclic amines) is 1. The standard InChI is InChI=1S/C17H36N4S/c1-5-18-17(19-11-7-9-13-22-4)20-14-16(3)21-12-8-6-10-15(21)2/h15-16H,5-14H2,1-4H3,(H2,18,19,20). The second-order valence-corrected chi connectivity index (χ2v) is 7.26. The Hall–Kier alpha value is -0.420. The van der Waals surface area contributed by atoms with Crippen LogP contribution >= 0.6 is 11.8 Å². The molecule has 1 aliphatic heterocycles. The lowest BCUT2D eigenvalue weighted by Gasteiger charge is -2.37. The molecule has 1 saturated heterocycles. The maximum atomic E-state index is 4.79. The molecular weight excluding hydrogens is 292 g/mol. The monoisotopic (exact) mass is 328 g/mol. The number of unbranched alkanes of at least 4 members (excludes halogenated alkanes) is 1. The minimum atomic E-state index is 0.530. The van der Waals surface area contributed by atoms with Crippen LogP contribution in [-0.2, 0) is 0 Å². The molecule has 0 bridgehead atoms. The van der Waals surface area contributed by atoms with E-state index in [-0.39, 0.29) is 0 Å². The Bertz CT molecular complexity index is 309. The van der Waals surface area contributed by atoms with E-state index < -0.39 is 0 Å². The third kappa shape index (κ3) is 7.73. The van der Waals surface area contributed by atoms with Crippen molar-refractivity contribution >= 4 is 17.7 Å². The molecule has 1 rings (SSSR count). The Labute approximate surface area is 141 Å². The largest absolute Gasteiger partial charge is 0.357 e. The van der Waals surface area contributed by atoms with Gasteiger partial charge >= 0.3 is 0 Å². The molecule has 2 atom stereocenters. The van der Waals surface area contributed by atoms with E-state index in [1.807, 2.05) is 11.8 Å². The third-order valence-electron chi connectivity index (χ3n) is 4.35. The summed E-state index contributed by atoms with van der Waals surface area (Å²) in [6, 6.07) is 1.24. The highest BCUT2D eigenvalue weighted by Gasteiger charge is 2.22. The lowest BCUT2D eigenvalue weighted by Crippen LogP contribution is -2.45. The Morgan fingerprint density at radius 1 is 1.32 bits per heavy atom. The number of rotatable bonds is 9. The van der Waals surface area contributed by atoms with Crippen LogP contribution in [0.15, 0.2) is 4.99 Å². The first kappa shape index (κ1) is 19.6. The Morgan fingerprint density at radius 2 is 2.14 bits per heavy atom. The van der Waals surface area contributed by atoms with Crippen LogP contribution in [0.3, 0.4) is 0 Å². The highest BCUT2D eigenvalue weighted by Crippen LogP contribution is 2.19. The zero-order chi connectivity index (χ0) is 16.2. The van der Waals surface area contributed by atoms with E-state index in [1.165, 1.54) is 44.4 Å². The maximum absolute atomic E-state index is 4.79. The molecule has 0 amide bonds. The smallest absolute Gasteiger partial charge is 0.191 e. The zero-order valence-electron chi connectivity index (χ0n) is 15.0. The maximum Gasteiger partial charge on any atom is 0.191 e. The predicted octanol–water partition coefficient (Wildman–Crippen LogP) is 2.95. The van der Waals surface area contributed by atoms with Gasteiger partial charge < -0.3 is 10.6 Å². The molecule has 0 radical (unpaired) electrons. The lowest BCUT2D eigenvalue weighted by atomic mass is 10.0. The fraction of sp³-hybridized carbons (Fsp3) is 0.941. The fourth-order valence-corrected chi connectivity index (χ4v) is 3.52. The van der Waals surface area contributed by atoms with E-state index in [2.05, 4.69) is 42.6 Å². The topological polar surface area (TPSA) is 39.7 Å². The molecule has 1 aliphatic rings. The van der Waals surface area contributed by atoms with Crippen LogP contribution in [0.25, 0.3) is 0 Å². The summed E-state index contributed by atoms with van der Waals surface area (Å²) < 4.78 is 0. The van der Waals surface area contributed by atoms with Gasteiger partial charge in [-0.15, -0.1) is 0 Å². The average molecular weight is 329 g/mol. The quantitative estimate of drug-likeness (QED) is 0.388. The van der Waals surface area contributed by atoms with Crippen LogP contribution in [0.5, 0.6) is 0 Å². The van der Waals surface area contributed by atoms with E-state index in [4.69, 9.17) is 4.99 Å². The van der Waals surface area contributed by atoms with Crippen molar-refractivity contribution in [1.29, 1.82) is 0 Å². The molecule has 0 aromatic carbocycles. The highest BCUT2D eigenvalue weighted by molar-refractivity contribution is 7.98. The van der Waals surface area contributed by atoms with Gasteiger partial charge in [0.25, 0.3) is 0 Å². The molecule has 0 spiro atoms. The average Bonchev–Trinajstić information content (AvgIpc) is 2.52. The number of guanidine groups is 1. The molecule has 1 heterocycles. The molecule has 130 valence electrons. The Morgan fingerprint density at radius 3 is 2.82 bits per heavy atom. The van der Waals surface area contributed by atoms with E-state index in [1.54, 1.807) is 0 Å². The number of nitrogens with one attached hydrogen (secondary N) is 2. The van der Waals surface area contributed by atoms with Crippen molar-refractivity contribution in [2.75, 3.05) is 38.2 Å². The van der Waals surface area contributed by atoms with Crippen molar-refractivity contribution in [2.24, 2.45) is 4.99 Å². The number of hydrogen-bond acceptors (Lipinski definition) is 3. The summed E-state index contributed by atoms with van der Waals surface area (Å²) in [6.45, 7) is 10.8. The minimum absolute atomic E-state index is 0.530. The summed E-state index contributed by atoms with van der Waals surface area (Å²) in [4.78, 5) is 7.41. The van der Waals surface area contributed by atoms with Crippen LogP contribution in [-0.4, -0.2) is 61.1 Å². The molecule has 0 aromatic rings. The van der Waals surface area contributed by atoms with Crippen LogP contribution in [0.1, 0.15) is 52.9 Å². The first-order chi connectivity index (χ1) is 10.7. The van der Waals surface area contributed by atoms with Gasteiger partial charge in [-0.25, -0.2) is 0 Å². The Balaban J connectivity index is 2.36. The molecular formula is C17H36N4S.